The highest BCUT2D eigenvalue weighted by Gasteiger charge is 2.10. The summed E-state index contributed by atoms with van der Waals surface area (Å²) in [4.78, 5) is 17.0. The van der Waals surface area contributed by atoms with Crippen molar-refractivity contribution in [2.24, 2.45) is 0 Å². The molecule has 0 unspecified atom stereocenters. The Hall–Kier alpha value is -2.26. The predicted octanol–water partition coefficient (Wildman–Crippen LogP) is 5.16. The fourth-order valence-corrected chi connectivity index (χ4v) is 3.32. The lowest BCUT2D eigenvalue weighted by atomic mass is 9.97. The summed E-state index contributed by atoms with van der Waals surface area (Å²) >= 11 is 1.65. The van der Waals surface area contributed by atoms with E-state index in [1.807, 2.05) is 57.2 Å². The lowest BCUT2D eigenvalue weighted by Gasteiger charge is -2.07. The van der Waals surface area contributed by atoms with Gasteiger partial charge >= 0.3 is 0 Å². The minimum Gasteiger partial charge on any atom is -0.294 e. The fraction of sp³-hybridized carbons (Fsp3) is 0.200. The van der Waals surface area contributed by atoms with Gasteiger partial charge in [0.1, 0.15) is 0 Å². The highest BCUT2D eigenvalue weighted by atomic mass is 32.1. The van der Waals surface area contributed by atoms with Gasteiger partial charge in [0.25, 0.3) is 0 Å². The van der Waals surface area contributed by atoms with Crippen molar-refractivity contribution < 1.29 is 4.79 Å². The molecule has 23 heavy (non-hydrogen) atoms. The van der Waals surface area contributed by atoms with Gasteiger partial charge in [0.15, 0.2) is 5.78 Å². The number of Topliss-reactive ketones (excluding diaryl/α,β-unsaturated/α-hetero) is 1. The fourth-order valence-electron chi connectivity index (χ4n) is 2.70. The van der Waals surface area contributed by atoms with Crippen molar-refractivity contribution in [1.29, 1.82) is 0 Å². The van der Waals surface area contributed by atoms with Crippen molar-refractivity contribution in [3.05, 3.63) is 75.1 Å². The van der Waals surface area contributed by atoms with Gasteiger partial charge in [-0.15, -0.1) is 11.3 Å². The standard InChI is InChI=1S/C20H19NOS/c1-13-4-9-18(14(2)10-13)20(22)11-16-5-7-17(8-6-16)19-12-23-15(3)21-19/h4-10,12H,11H2,1-3H3. The molecule has 2 aromatic carbocycles. The third kappa shape index (κ3) is 3.57. The Morgan fingerprint density at radius 2 is 1.78 bits per heavy atom. The molecule has 0 amide bonds. The van der Waals surface area contributed by atoms with Crippen LogP contribution in [0.2, 0.25) is 0 Å². The zero-order valence-electron chi connectivity index (χ0n) is 13.6. The highest BCUT2D eigenvalue weighted by Crippen LogP contribution is 2.22. The van der Waals surface area contributed by atoms with E-state index in [0.717, 1.165) is 33.0 Å². The number of ketones is 1. The monoisotopic (exact) mass is 321 g/mol. The molecule has 0 saturated carbocycles. The van der Waals surface area contributed by atoms with Crippen molar-refractivity contribution in [3.8, 4) is 11.3 Å². The summed E-state index contributed by atoms with van der Waals surface area (Å²) in [5, 5.41) is 3.12. The molecular formula is C20H19NOS. The molecule has 0 aliphatic heterocycles. The Bertz CT molecular complexity index is 846. The van der Waals surface area contributed by atoms with Crippen LogP contribution in [0.3, 0.4) is 0 Å². The van der Waals surface area contributed by atoms with Gasteiger partial charge in [-0.05, 0) is 31.9 Å². The van der Waals surface area contributed by atoms with E-state index in [-0.39, 0.29) is 5.78 Å². The minimum absolute atomic E-state index is 0.166. The molecule has 0 saturated heterocycles. The molecule has 0 aliphatic carbocycles. The number of aryl methyl sites for hydroxylation is 3. The van der Waals surface area contributed by atoms with Crippen LogP contribution in [-0.4, -0.2) is 10.8 Å². The van der Waals surface area contributed by atoms with Gasteiger partial charge in [0, 0.05) is 22.9 Å². The highest BCUT2D eigenvalue weighted by molar-refractivity contribution is 7.09. The lowest BCUT2D eigenvalue weighted by molar-refractivity contribution is 0.0992. The number of aromatic nitrogens is 1. The molecule has 1 aromatic heterocycles. The van der Waals surface area contributed by atoms with Crippen molar-refractivity contribution in [1.82, 2.24) is 4.98 Å². The van der Waals surface area contributed by atoms with Crippen molar-refractivity contribution in [3.63, 3.8) is 0 Å². The number of carbonyl (C=O) groups is 1. The first-order valence-corrected chi connectivity index (χ1v) is 8.53. The number of nitrogens with zero attached hydrogens (tertiary/aromatic N) is 1. The summed E-state index contributed by atoms with van der Waals surface area (Å²) in [6.45, 7) is 6.04. The molecule has 0 radical (unpaired) electrons. The second kappa shape index (κ2) is 6.47. The van der Waals surface area contributed by atoms with Gasteiger partial charge < -0.3 is 0 Å². The topological polar surface area (TPSA) is 30.0 Å². The maximum Gasteiger partial charge on any atom is 0.167 e. The third-order valence-electron chi connectivity index (χ3n) is 3.92. The van der Waals surface area contributed by atoms with Crippen LogP contribution in [0.5, 0.6) is 0 Å². The van der Waals surface area contributed by atoms with Gasteiger partial charge in [0.2, 0.25) is 0 Å². The summed E-state index contributed by atoms with van der Waals surface area (Å²) in [5.74, 6) is 0.166. The van der Waals surface area contributed by atoms with Gasteiger partial charge in [-0.3, -0.25) is 4.79 Å². The van der Waals surface area contributed by atoms with E-state index in [9.17, 15) is 4.79 Å². The second-order valence-electron chi connectivity index (χ2n) is 5.87. The van der Waals surface area contributed by atoms with Crippen molar-refractivity contribution >= 4 is 17.1 Å². The normalized spacial score (nSPS) is 10.7. The molecular weight excluding hydrogens is 302 g/mol. The van der Waals surface area contributed by atoms with Gasteiger partial charge in [-0.2, -0.15) is 0 Å². The van der Waals surface area contributed by atoms with Gasteiger partial charge in [-0.25, -0.2) is 4.98 Å². The molecule has 3 aromatic rings. The molecule has 116 valence electrons. The van der Waals surface area contributed by atoms with Crippen LogP contribution in [-0.2, 0) is 6.42 Å². The smallest absolute Gasteiger partial charge is 0.167 e. The largest absolute Gasteiger partial charge is 0.294 e. The Kier molecular flexibility index (Phi) is 4.39. The number of hydrogen-bond acceptors (Lipinski definition) is 3. The zero-order valence-corrected chi connectivity index (χ0v) is 14.4. The summed E-state index contributed by atoms with van der Waals surface area (Å²) < 4.78 is 0. The number of thiazole rings is 1. The van der Waals surface area contributed by atoms with Crippen LogP contribution in [0.4, 0.5) is 0 Å². The van der Waals surface area contributed by atoms with E-state index in [2.05, 4.69) is 16.4 Å². The van der Waals surface area contributed by atoms with Crippen LogP contribution in [0, 0.1) is 20.8 Å². The van der Waals surface area contributed by atoms with E-state index in [1.54, 1.807) is 11.3 Å². The van der Waals surface area contributed by atoms with Crippen LogP contribution < -0.4 is 0 Å². The summed E-state index contributed by atoms with van der Waals surface area (Å²) in [6.07, 6.45) is 0.431. The first kappa shape index (κ1) is 15.6. The average Bonchev–Trinajstić information content (AvgIpc) is 2.94. The van der Waals surface area contributed by atoms with E-state index in [0.29, 0.717) is 6.42 Å². The van der Waals surface area contributed by atoms with Crippen LogP contribution in [0.25, 0.3) is 11.3 Å². The van der Waals surface area contributed by atoms with E-state index < -0.39 is 0 Å². The molecule has 0 N–H and O–H groups in total. The number of hydrogen-bond donors (Lipinski definition) is 0. The number of carbonyl (C=O) groups excluding carboxylic acids is 1. The summed E-state index contributed by atoms with van der Waals surface area (Å²) in [6, 6.07) is 14.1. The maximum atomic E-state index is 12.5. The quantitative estimate of drug-likeness (QED) is 0.621. The lowest BCUT2D eigenvalue weighted by Crippen LogP contribution is -2.05. The molecule has 0 bridgehead atoms. The molecule has 2 nitrogen and oxygen atoms in total. The van der Waals surface area contributed by atoms with Gasteiger partial charge in [-0.1, -0.05) is 48.0 Å². The van der Waals surface area contributed by atoms with Crippen LogP contribution >= 0.6 is 11.3 Å². The minimum atomic E-state index is 0.166. The molecule has 1 heterocycles. The van der Waals surface area contributed by atoms with Crippen molar-refractivity contribution in [2.75, 3.05) is 0 Å². The Balaban J connectivity index is 1.76. The molecule has 0 atom stereocenters. The maximum absolute atomic E-state index is 12.5. The Morgan fingerprint density at radius 3 is 2.39 bits per heavy atom. The predicted molar refractivity (Wildman–Crippen MR) is 96.2 cm³/mol. The van der Waals surface area contributed by atoms with Gasteiger partial charge in [0.05, 0.1) is 10.7 Å². The second-order valence-corrected chi connectivity index (χ2v) is 6.93. The summed E-state index contributed by atoms with van der Waals surface area (Å²) in [5.41, 5.74) is 6.17. The number of rotatable bonds is 4. The molecule has 0 spiro atoms. The third-order valence-corrected chi connectivity index (χ3v) is 4.69. The Labute approximate surface area is 140 Å². The van der Waals surface area contributed by atoms with E-state index in [4.69, 9.17) is 0 Å². The number of benzene rings is 2. The average molecular weight is 321 g/mol. The molecule has 0 fully saturated rings. The van der Waals surface area contributed by atoms with E-state index in [1.165, 1.54) is 5.56 Å². The van der Waals surface area contributed by atoms with Crippen LogP contribution in [0.1, 0.15) is 32.1 Å². The first-order valence-electron chi connectivity index (χ1n) is 7.65. The SMILES string of the molecule is Cc1ccc(C(=O)Cc2ccc(-c3csc(C)n3)cc2)c(C)c1. The van der Waals surface area contributed by atoms with Crippen LogP contribution in [0.15, 0.2) is 47.8 Å². The molecule has 0 aliphatic rings. The van der Waals surface area contributed by atoms with E-state index >= 15 is 0 Å². The first-order chi connectivity index (χ1) is 11.0. The summed E-state index contributed by atoms with van der Waals surface area (Å²) in [7, 11) is 0. The van der Waals surface area contributed by atoms with Crippen molar-refractivity contribution in [2.45, 2.75) is 27.2 Å². The zero-order chi connectivity index (χ0) is 16.4. The molecule has 3 rings (SSSR count). The molecule has 3 heteroatoms. The Morgan fingerprint density at radius 1 is 1.04 bits per heavy atom.